The number of hydrogen-bond acceptors (Lipinski definition) is 3. The number of benzene rings is 1. The molecule has 1 saturated heterocycles. The molecule has 2 N–H and O–H groups in total. The molecule has 120 valence electrons. The second-order valence-electron chi connectivity index (χ2n) is 4.74. The van der Waals surface area contributed by atoms with Gasteiger partial charge in [-0.1, -0.05) is 11.6 Å². The molecule has 4 nitrogen and oxygen atoms in total. The van der Waals surface area contributed by atoms with Gasteiger partial charge in [-0.05, 0) is 59.9 Å². The third kappa shape index (κ3) is 5.04. The highest BCUT2D eigenvalue weighted by atomic mass is 79.9. The van der Waals surface area contributed by atoms with E-state index in [0.717, 1.165) is 38.1 Å². The van der Waals surface area contributed by atoms with Crippen LogP contribution < -0.4 is 10.0 Å². The molecule has 0 bridgehead atoms. The van der Waals surface area contributed by atoms with E-state index >= 15 is 0 Å². The Morgan fingerprint density at radius 3 is 2.81 bits per heavy atom. The maximum Gasteiger partial charge on any atom is 0.243 e. The number of nitrogens with one attached hydrogen (secondary N) is 2. The highest BCUT2D eigenvalue weighted by Crippen LogP contribution is 2.28. The van der Waals surface area contributed by atoms with Crippen molar-refractivity contribution >= 4 is 50.0 Å². The first-order valence-corrected chi connectivity index (χ1v) is 8.90. The zero-order valence-electron chi connectivity index (χ0n) is 11.0. The average Bonchev–Trinajstić information content (AvgIpc) is 2.86. The van der Waals surface area contributed by atoms with E-state index in [2.05, 4.69) is 26.0 Å². The Bertz CT molecular complexity index is 595. The van der Waals surface area contributed by atoms with E-state index in [1.165, 1.54) is 0 Å². The average molecular weight is 422 g/mol. The van der Waals surface area contributed by atoms with Crippen molar-refractivity contribution in [3.8, 4) is 0 Å². The predicted molar refractivity (Wildman–Crippen MR) is 87.1 cm³/mol. The quantitative estimate of drug-likeness (QED) is 0.718. The molecule has 0 spiro atoms. The van der Waals surface area contributed by atoms with Gasteiger partial charge in [-0.3, -0.25) is 0 Å². The third-order valence-electron chi connectivity index (χ3n) is 3.27. The van der Waals surface area contributed by atoms with Crippen LogP contribution >= 0.6 is 39.9 Å². The van der Waals surface area contributed by atoms with Crippen LogP contribution in [0, 0.1) is 11.7 Å². The van der Waals surface area contributed by atoms with Gasteiger partial charge in [0, 0.05) is 11.0 Å². The summed E-state index contributed by atoms with van der Waals surface area (Å²) in [5.74, 6) is -0.354. The monoisotopic (exact) mass is 420 g/mol. The van der Waals surface area contributed by atoms with Crippen molar-refractivity contribution < 1.29 is 12.8 Å². The zero-order valence-corrected chi connectivity index (χ0v) is 15.0. The lowest BCUT2D eigenvalue weighted by Gasteiger charge is -2.11. The SMILES string of the molecule is Cl.O=S(=O)(NCCC1CCNC1)c1cc(Cl)c(Br)cc1F. The second kappa shape index (κ2) is 8.08. The molecule has 1 heterocycles. The van der Waals surface area contributed by atoms with Gasteiger partial charge in [0.2, 0.25) is 10.0 Å². The topological polar surface area (TPSA) is 58.2 Å². The Kier molecular flexibility index (Phi) is 7.36. The minimum absolute atomic E-state index is 0. The van der Waals surface area contributed by atoms with Gasteiger partial charge in [-0.25, -0.2) is 17.5 Å². The Morgan fingerprint density at radius 2 is 2.19 bits per heavy atom. The fourth-order valence-electron chi connectivity index (χ4n) is 2.15. The molecule has 0 radical (unpaired) electrons. The molecule has 0 aromatic heterocycles. The molecule has 0 aliphatic carbocycles. The van der Waals surface area contributed by atoms with Gasteiger partial charge < -0.3 is 5.32 Å². The van der Waals surface area contributed by atoms with Crippen molar-refractivity contribution in [1.29, 1.82) is 0 Å². The number of hydrogen-bond donors (Lipinski definition) is 2. The molecule has 1 aliphatic rings. The molecular formula is C12H16BrCl2FN2O2S. The molecule has 1 aromatic rings. The molecular weight excluding hydrogens is 406 g/mol. The van der Waals surface area contributed by atoms with Gasteiger partial charge in [0.1, 0.15) is 10.7 Å². The van der Waals surface area contributed by atoms with Gasteiger partial charge >= 0.3 is 0 Å². The van der Waals surface area contributed by atoms with Gasteiger partial charge in [0.25, 0.3) is 0 Å². The van der Waals surface area contributed by atoms with Gasteiger partial charge in [-0.15, -0.1) is 12.4 Å². The molecule has 21 heavy (non-hydrogen) atoms. The number of halogens is 4. The van der Waals surface area contributed by atoms with E-state index in [-0.39, 0.29) is 17.4 Å². The fraction of sp³-hybridized carbons (Fsp3) is 0.500. The first-order valence-electron chi connectivity index (χ1n) is 6.25. The van der Waals surface area contributed by atoms with Crippen molar-refractivity contribution in [3.63, 3.8) is 0 Å². The Balaban J connectivity index is 0.00000220. The molecule has 0 saturated carbocycles. The lowest BCUT2D eigenvalue weighted by molar-refractivity contribution is 0.515. The summed E-state index contributed by atoms with van der Waals surface area (Å²) < 4.78 is 40.6. The lowest BCUT2D eigenvalue weighted by atomic mass is 10.1. The largest absolute Gasteiger partial charge is 0.316 e. The first-order chi connectivity index (χ1) is 9.40. The molecule has 1 aromatic carbocycles. The van der Waals surface area contributed by atoms with Crippen LogP contribution in [0.2, 0.25) is 5.02 Å². The minimum Gasteiger partial charge on any atom is -0.316 e. The molecule has 1 fully saturated rings. The van der Waals surface area contributed by atoms with Crippen molar-refractivity contribution in [2.45, 2.75) is 17.7 Å². The zero-order chi connectivity index (χ0) is 14.8. The van der Waals surface area contributed by atoms with Crippen LogP contribution in [0.5, 0.6) is 0 Å². The predicted octanol–water partition coefficient (Wildman–Crippen LogP) is 2.94. The van der Waals surface area contributed by atoms with Crippen LogP contribution in [0.4, 0.5) is 4.39 Å². The normalized spacial score (nSPS) is 18.5. The van der Waals surface area contributed by atoms with E-state index in [4.69, 9.17) is 11.6 Å². The van der Waals surface area contributed by atoms with Gasteiger partial charge in [-0.2, -0.15) is 0 Å². The molecule has 0 amide bonds. The fourth-order valence-corrected chi connectivity index (χ4v) is 3.82. The highest BCUT2D eigenvalue weighted by Gasteiger charge is 2.21. The maximum absolute atomic E-state index is 13.7. The highest BCUT2D eigenvalue weighted by molar-refractivity contribution is 9.10. The Labute approximate surface area is 143 Å². The van der Waals surface area contributed by atoms with Crippen molar-refractivity contribution in [2.24, 2.45) is 5.92 Å². The van der Waals surface area contributed by atoms with E-state index in [0.29, 0.717) is 16.9 Å². The van der Waals surface area contributed by atoms with Crippen molar-refractivity contribution in [1.82, 2.24) is 10.0 Å². The van der Waals surface area contributed by atoms with Gasteiger partial charge in [0.15, 0.2) is 0 Å². The van der Waals surface area contributed by atoms with Crippen LogP contribution in [0.25, 0.3) is 0 Å². The number of sulfonamides is 1. The standard InChI is InChI=1S/C12H15BrClFN2O2S.ClH/c13-9-5-11(15)12(6-10(9)14)20(18,19)17-4-2-8-1-3-16-7-8;/h5-6,8,16-17H,1-4,7H2;1H. The first kappa shape index (κ1) is 19.1. The van der Waals surface area contributed by atoms with Crippen molar-refractivity contribution in [2.75, 3.05) is 19.6 Å². The summed E-state index contributed by atoms with van der Waals surface area (Å²) in [5, 5.41) is 3.37. The summed E-state index contributed by atoms with van der Waals surface area (Å²) >= 11 is 8.87. The van der Waals surface area contributed by atoms with Crippen LogP contribution in [0.3, 0.4) is 0 Å². The number of rotatable bonds is 5. The summed E-state index contributed by atoms with van der Waals surface area (Å²) in [6, 6.07) is 2.16. The Morgan fingerprint density at radius 1 is 1.48 bits per heavy atom. The molecule has 2 rings (SSSR count). The maximum atomic E-state index is 13.7. The summed E-state index contributed by atoms with van der Waals surface area (Å²) in [4.78, 5) is -0.421. The minimum atomic E-state index is -3.87. The summed E-state index contributed by atoms with van der Waals surface area (Å²) in [6.07, 6.45) is 1.78. The Hall–Kier alpha value is 0.0800. The van der Waals surface area contributed by atoms with Crippen LogP contribution in [-0.4, -0.2) is 28.1 Å². The smallest absolute Gasteiger partial charge is 0.243 e. The second-order valence-corrected chi connectivity index (χ2v) is 7.74. The summed E-state index contributed by atoms with van der Waals surface area (Å²) in [5.41, 5.74) is 0. The van der Waals surface area contributed by atoms with Crippen molar-refractivity contribution in [3.05, 3.63) is 27.4 Å². The van der Waals surface area contributed by atoms with E-state index in [1.807, 2.05) is 0 Å². The van der Waals surface area contributed by atoms with Crippen LogP contribution in [-0.2, 0) is 10.0 Å². The molecule has 1 aliphatic heterocycles. The van der Waals surface area contributed by atoms with Gasteiger partial charge in [0.05, 0.1) is 5.02 Å². The lowest BCUT2D eigenvalue weighted by Crippen LogP contribution is -2.27. The van der Waals surface area contributed by atoms with Crippen LogP contribution in [0.15, 0.2) is 21.5 Å². The van der Waals surface area contributed by atoms with E-state index in [9.17, 15) is 12.8 Å². The molecule has 1 atom stereocenters. The molecule has 9 heteroatoms. The molecule has 1 unspecified atom stereocenters. The van der Waals surface area contributed by atoms with E-state index in [1.54, 1.807) is 0 Å². The van der Waals surface area contributed by atoms with Crippen LogP contribution in [0.1, 0.15) is 12.8 Å². The summed E-state index contributed by atoms with van der Waals surface area (Å²) in [7, 11) is -3.87. The third-order valence-corrected chi connectivity index (χ3v) is 5.94. The van der Waals surface area contributed by atoms with E-state index < -0.39 is 20.7 Å². The summed E-state index contributed by atoms with van der Waals surface area (Å²) in [6.45, 7) is 2.16.